The van der Waals surface area contributed by atoms with E-state index in [-0.39, 0.29) is 0 Å². The Labute approximate surface area is 184 Å². The third-order valence-corrected chi connectivity index (χ3v) is 5.34. The summed E-state index contributed by atoms with van der Waals surface area (Å²) >= 11 is 6.28. The van der Waals surface area contributed by atoms with Gasteiger partial charge in [-0.15, -0.1) is 6.58 Å². The number of allylic oxidation sites excluding steroid dienone is 1. The lowest BCUT2D eigenvalue weighted by Crippen LogP contribution is -2.05. The highest BCUT2D eigenvalue weighted by atomic mass is 35.5. The Balaban J connectivity index is 1.83. The van der Waals surface area contributed by atoms with E-state index in [0.717, 1.165) is 28.1 Å². The van der Waals surface area contributed by atoms with Gasteiger partial charge in [-0.05, 0) is 55.7 Å². The number of aryl methyl sites for hydroxylation is 2. The molecule has 0 amide bonds. The predicted octanol–water partition coefficient (Wildman–Crippen LogP) is 6.89. The van der Waals surface area contributed by atoms with Crippen molar-refractivity contribution in [1.29, 1.82) is 0 Å². The molecule has 0 bridgehead atoms. The summed E-state index contributed by atoms with van der Waals surface area (Å²) in [6.07, 6.45) is 2.56. The second-order valence-electron chi connectivity index (χ2n) is 7.33. The van der Waals surface area contributed by atoms with Crippen molar-refractivity contribution in [2.45, 2.75) is 33.4 Å². The van der Waals surface area contributed by atoms with Crippen molar-refractivity contribution >= 4 is 17.3 Å². The van der Waals surface area contributed by atoms with Crippen LogP contribution in [-0.2, 0) is 19.6 Å². The van der Waals surface area contributed by atoms with Crippen molar-refractivity contribution in [3.63, 3.8) is 0 Å². The van der Waals surface area contributed by atoms with Gasteiger partial charge in [0, 0.05) is 28.4 Å². The zero-order valence-corrected chi connectivity index (χ0v) is 18.6. The Morgan fingerprint density at radius 2 is 1.83 bits per heavy atom. The molecule has 3 rings (SSSR count). The molecule has 0 unspecified atom stereocenters. The molecule has 0 saturated carbocycles. The smallest absolute Gasteiger partial charge is 0.165 e. The van der Waals surface area contributed by atoms with Crippen LogP contribution in [0.2, 0.25) is 5.02 Å². The van der Waals surface area contributed by atoms with E-state index < -0.39 is 0 Å². The number of hydrogen-bond acceptors (Lipinski definition) is 3. The van der Waals surface area contributed by atoms with Gasteiger partial charge in [0.1, 0.15) is 6.61 Å². The molecular weight excluding hydrogens is 394 g/mol. The fourth-order valence-electron chi connectivity index (χ4n) is 3.42. The van der Waals surface area contributed by atoms with Crippen LogP contribution in [0.4, 0.5) is 5.69 Å². The maximum Gasteiger partial charge on any atom is 0.165 e. The van der Waals surface area contributed by atoms with Crippen molar-refractivity contribution in [2.24, 2.45) is 0 Å². The molecule has 3 aromatic rings. The van der Waals surface area contributed by atoms with E-state index in [4.69, 9.17) is 21.1 Å². The van der Waals surface area contributed by atoms with Gasteiger partial charge in [-0.3, -0.25) is 0 Å². The lowest BCUT2D eigenvalue weighted by atomic mass is 10.0. The molecule has 30 heavy (non-hydrogen) atoms. The van der Waals surface area contributed by atoms with E-state index in [0.29, 0.717) is 30.3 Å². The molecule has 1 N–H and O–H groups in total. The van der Waals surface area contributed by atoms with Gasteiger partial charge >= 0.3 is 0 Å². The SMILES string of the molecule is C=CCc1cc(CNc2ccc(C)cc2C)cc(OC)c1OCc1ccccc1Cl. The molecule has 0 aliphatic carbocycles. The molecular formula is C26H28ClNO2. The minimum atomic E-state index is 0.375. The number of rotatable bonds is 9. The zero-order valence-electron chi connectivity index (χ0n) is 17.8. The van der Waals surface area contributed by atoms with Crippen LogP contribution < -0.4 is 14.8 Å². The highest BCUT2D eigenvalue weighted by Crippen LogP contribution is 2.35. The van der Waals surface area contributed by atoms with Crippen molar-refractivity contribution in [1.82, 2.24) is 0 Å². The van der Waals surface area contributed by atoms with E-state index in [1.54, 1.807) is 7.11 Å². The van der Waals surface area contributed by atoms with E-state index in [2.05, 4.69) is 50.0 Å². The van der Waals surface area contributed by atoms with Gasteiger partial charge in [-0.1, -0.05) is 53.6 Å². The third-order valence-electron chi connectivity index (χ3n) is 4.97. The molecule has 0 radical (unpaired) electrons. The second kappa shape index (κ2) is 10.2. The van der Waals surface area contributed by atoms with Gasteiger partial charge in [0.15, 0.2) is 11.5 Å². The number of nitrogens with one attached hydrogen (secondary N) is 1. The Morgan fingerprint density at radius 1 is 1.03 bits per heavy atom. The molecule has 0 aromatic heterocycles. The molecule has 0 saturated heterocycles. The molecule has 3 aromatic carbocycles. The van der Waals surface area contributed by atoms with E-state index in [1.165, 1.54) is 11.1 Å². The average molecular weight is 422 g/mol. The normalized spacial score (nSPS) is 10.5. The first-order chi connectivity index (χ1) is 14.5. The minimum Gasteiger partial charge on any atom is -0.493 e. The summed E-state index contributed by atoms with van der Waals surface area (Å²) in [6.45, 7) is 9.18. The van der Waals surface area contributed by atoms with E-state index >= 15 is 0 Å². The van der Waals surface area contributed by atoms with Crippen LogP contribution >= 0.6 is 11.6 Å². The van der Waals surface area contributed by atoms with Crippen LogP contribution in [0.3, 0.4) is 0 Å². The summed E-state index contributed by atoms with van der Waals surface area (Å²) in [4.78, 5) is 0. The third kappa shape index (κ3) is 5.37. The molecule has 156 valence electrons. The lowest BCUT2D eigenvalue weighted by Gasteiger charge is -2.18. The van der Waals surface area contributed by atoms with E-state index in [9.17, 15) is 0 Å². The van der Waals surface area contributed by atoms with E-state index in [1.807, 2.05) is 36.4 Å². The van der Waals surface area contributed by atoms with Crippen molar-refractivity contribution < 1.29 is 9.47 Å². The van der Waals surface area contributed by atoms with Crippen molar-refractivity contribution in [3.8, 4) is 11.5 Å². The highest BCUT2D eigenvalue weighted by molar-refractivity contribution is 6.31. The topological polar surface area (TPSA) is 30.5 Å². The van der Waals surface area contributed by atoms with Crippen LogP contribution in [0.5, 0.6) is 11.5 Å². The number of halogens is 1. The van der Waals surface area contributed by atoms with Crippen molar-refractivity contribution in [2.75, 3.05) is 12.4 Å². The van der Waals surface area contributed by atoms with Gasteiger partial charge in [-0.25, -0.2) is 0 Å². The van der Waals surface area contributed by atoms with Crippen LogP contribution in [0.1, 0.15) is 27.8 Å². The molecule has 3 nitrogen and oxygen atoms in total. The largest absolute Gasteiger partial charge is 0.493 e. The standard InChI is InChI=1S/C26H28ClNO2/c1-5-8-21-14-20(16-28-24-12-11-18(2)13-19(24)3)15-25(29-4)26(21)30-17-22-9-6-7-10-23(22)27/h5-7,9-15,28H,1,8,16-17H2,2-4H3. The molecule has 0 heterocycles. The van der Waals surface area contributed by atoms with Crippen LogP contribution in [0, 0.1) is 13.8 Å². The molecule has 0 spiro atoms. The Bertz CT molecular complexity index is 1030. The Hall–Kier alpha value is -2.91. The van der Waals surface area contributed by atoms with Gasteiger partial charge < -0.3 is 14.8 Å². The maximum absolute atomic E-state index is 6.28. The minimum absolute atomic E-state index is 0.375. The summed E-state index contributed by atoms with van der Waals surface area (Å²) in [5.41, 5.74) is 6.71. The van der Waals surface area contributed by atoms with Gasteiger partial charge in [0.05, 0.1) is 7.11 Å². The fourth-order valence-corrected chi connectivity index (χ4v) is 3.61. The van der Waals surface area contributed by atoms with Gasteiger partial charge in [-0.2, -0.15) is 0 Å². The molecule has 0 aliphatic heterocycles. The second-order valence-corrected chi connectivity index (χ2v) is 7.74. The highest BCUT2D eigenvalue weighted by Gasteiger charge is 2.14. The predicted molar refractivity (Wildman–Crippen MR) is 126 cm³/mol. The Kier molecular flexibility index (Phi) is 7.42. The van der Waals surface area contributed by atoms with Crippen LogP contribution in [-0.4, -0.2) is 7.11 Å². The summed E-state index contributed by atoms with van der Waals surface area (Å²) in [5.74, 6) is 1.44. The number of hydrogen-bond donors (Lipinski definition) is 1. The van der Waals surface area contributed by atoms with Gasteiger partial charge in [0.2, 0.25) is 0 Å². The summed E-state index contributed by atoms with van der Waals surface area (Å²) < 4.78 is 11.8. The molecule has 0 atom stereocenters. The summed E-state index contributed by atoms with van der Waals surface area (Å²) in [7, 11) is 1.66. The number of ether oxygens (including phenoxy) is 2. The quantitative estimate of drug-likeness (QED) is 0.382. The Morgan fingerprint density at radius 3 is 2.53 bits per heavy atom. The summed E-state index contributed by atoms with van der Waals surface area (Å²) in [6, 6.07) is 18.3. The van der Waals surface area contributed by atoms with Crippen molar-refractivity contribution in [3.05, 3.63) is 100 Å². The number of anilines is 1. The number of benzene rings is 3. The zero-order chi connectivity index (χ0) is 21.5. The van der Waals surface area contributed by atoms with Gasteiger partial charge in [0.25, 0.3) is 0 Å². The van der Waals surface area contributed by atoms with Crippen LogP contribution in [0.25, 0.3) is 0 Å². The summed E-state index contributed by atoms with van der Waals surface area (Å²) in [5, 5.41) is 4.21. The lowest BCUT2D eigenvalue weighted by molar-refractivity contribution is 0.282. The molecule has 0 aliphatic rings. The first-order valence-corrected chi connectivity index (χ1v) is 10.4. The number of methoxy groups -OCH3 is 1. The maximum atomic E-state index is 6.28. The first-order valence-electron chi connectivity index (χ1n) is 9.99. The monoisotopic (exact) mass is 421 g/mol. The average Bonchev–Trinajstić information content (AvgIpc) is 2.73. The molecule has 4 heteroatoms. The fraction of sp³-hybridized carbons (Fsp3) is 0.231. The first kappa shape index (κ1) is 21.8. The molecule has 0 fully saturated rings. The van der Waals surface area contributed by atoms with Crippen LogP contribution in [0.15, 0.2) is 67.3 Å².